The molecular formula is C15H23NO4S. The van der Waals surface area contributed by atoms with E-state index < -0.39 is 5.97 Å². The van der Waals surface area contributed by atoms with E-state index in [-0.39, 0.29) is 5.41 Å². The van der Waals surface area contributed by atoms with E-state index in [0.717, 1.165) is 37.7 Å². The largest absolute Gasteiger partial charge is 0.490 e. The summed E-state index contributed by atoms with van der Waals surface area (Å²) in [5.74, 6) is -0.428. The minimum atomic E-state index is -0.920. The van der Waals surface area contributed by atoms with Crippen LogP contribution in [0.25, 0.3) is 0 Å². The van der Waals surface area contributed by atoms with Gasteiger partial charge in [0, 0.05) is 24.5 Å². The van der Waals surface area contributed by atoms with E-state index in [4.69, 9.17) is 9.47 Å². The van der Waals surface area contributed by atoms with E-state index in [9.17, 15) is 9.90 Å². The lowest BCUT2D eigenvalue weighted by atomic mass is 9.95. The second kappa shape index (κ2) is 6.77. The number of carboxylic acids is 1. The summed E-state index contributed by atoms with van der Waals surface area (Å²) >= 11 is 1.30. The van der Waals surface area contributed by atoms with Crippen molar-refractivity contribution in [2.24, 2.45) is 0 Å². The molecule has 5 nitrogen and oxygen atoms in total. The lowest BCUT2D eigenvalue weighted by Crippen LogP contribution is -2.38. The van der Waals surface area contributed by atoms with Crippen LogP contribution in [0.2, 0.25) is 0 Å². The van der Waals surface area contributed by atoms with Crippen LogP contribution in [0.5, 0.6) is 5.75 Å². The summed E-state index contributed by atoms with van der Waals surface area (Å²) in [6, 6.07) is 1.87. The van der Waals surface area contributed by atoms with Crippen molar-refractivity contribution >= 4 is 17.3 Å². The quantitative estimate of drug-likeness (QED) is 0.905. The molecule has 1 aromatic heterocycles. The fourth-order valence-corrected chi connectivity index (χ4v) is 3.11. The minimum Gasteiger partial charge on any atom is -0.490 e. The van der Waals surface area contributed by atoms with Crippen LogP contribution in [0.4, 0.5) is 0 Å². The van der Waals surface area contributed by atoms with E-state index in [1.54, 1.807) is 0 Å². The summed E-state index contributed by atoms with van der Waals surface area (Å²) < 4.78 is 11.0. The van der Waals surface area contributed by atoms with Crippen molar-refractivity contribution in [3.63, 3.8) is 0 Å². The zero-order valence-corrected chi connectivity index (χ0v) is 13.7. The van der Waals surface area contributed by atoms with E-state index in [1.807, 2.05) is 6.07 Å². The Kier molecular flexibility index (Phi) is 5.24. The molecule has 1 aromatic rings. The van der Waals surface area contributed by atoms with E-state index in [1.165, 1.54) is 11.3 Å². The van der Waals surface area contributed by atoms with E-state index in [2.05, 4.69) is 25.7 Å². The molecule has 1 aliphatic rings. The molecule has 1 saturated heterocycles. The summed E-state index contributed by atoms with van der Waals surface area (Å²) in [6.07, 6.45) is 0. The maximum absolute atomic E-state index is 11.3. The Morgan fingerprint density at radius 3 is 2.67 bits per heavy atom. The summed E-state index contributed by atoms with van der Waals surface area (Å²) in [6.45, 7) is 10.8. The van der Waals surface area contributed by atoms with Crippen molar-refractivity contribution in [2.75, 3.05) is 39.5 Å². The fourth-order valence-electron chi connectivity index (χ4n) is 2.11. The van der Waals surface area contributed by atoms with E-state index >= 15 is 0 Å². The predicted octanol–water partition coefficient (Wildman–Crippen LogP) is 2.45. The van der Waals surface area contributed by atoms with Gasteiger partial charge in [0.2, 0.25) is 0 Å². The van der Waals surface area contributed by atoms with Crippen LogP contribution >= 0.6 is 11.3 Å². The first-order valence-electron chi connectivity index (χ1n) is 7.18. The van der Waals surface area contributed by atoms with Crippen LogP contribution in [0.3, 0.4) is 0 Å². The number of carboxylic acid groups (broad SMARTS) is 1. The molecule has 0 unspecified atom stereocenters. The Bertz CT molecular complexity index is 486. The number of ether oxygens (including phenoxy) is 2. The zero-order valence-electron chi connectivity index (χ0n) is 12.8. The Labute approximate surface area is 129 Å². The molecule has 2 rings (SSSR count). The van der Waals surface area contributed by atoms with Crippen molar-refractivity contribution in [3.05, 3.63) is 15.8 Å². The highest BCUT2D eigenvalue weighted by molar-refractivity contribution is 7.14. The highest BCUT2D eigenvalue weighted by atomic mass is 32.1. The van der Waals surface area contributed by atoms with Crippen LogP contribution in [-0.2, 0) is 10.2 Å². The minimum absolute atomic E-state index is 0.0688. The summed E-state index contributed by atoms with van der Waals surface area (Å²) in [5.41, 5.74) is -0.0688. The van der Waals surface area contributed by atoms with Crippen molar-refractivity contribution < 1.29 is 19.4 Å². The Balaban J connectivity index is 1.98. The molecule has 1 N–H and O–H groups in total. The van der Waals surface area contributed by atoms with E-state index in [0.29, 0.717) is 17.2 Å². The SMILES string of the molecule is CC(C)(C)c1cc(OCCN2CCOCC2)c(C(=O)O)s1. The predicted molar refractivity (Wildman–Crippen MR) is 82.7 cm³/mol. The maximum Gasteiger partial charge on any atom is 0.349 e. The van der Waals surface area contributed by atoms with Gasteiger partial charge in [-0.15, -0.1) is 11.3 Å². The Morgan fingerprint density at radius 1 is 1.43 bits per heavy atom. The smallest absolute Gasteiger partial charge is 0.349 e. The third-order valence-electron chi connectivity index (χ3n) is 3.40. The van der Waals surface area contributed by atoms with Gasteiger partial charge in [-0.2, -0.15) is 0 Å². The Morgan fingerprint density at radius 2 is 2.10 bits per heavy atom. The summed E-state index contributed by atoms with van der Waals surface area (Å²) in [7, 11) is 0. The molecule has 0 aromatic carbocycles. The normalized spacial score (nSPS) is 16.9. The standard InChI is InChI=1S/C15H23NO4S/c1-15(2,3)12-10-11(13(21-12)14(17)18)20-9-6-16-4-7-19-8-5-16/h10H,4-9H2,1-3H3,(H,17,18). The van der Waals surface area contributed by atoms with Gasteiger partial charge < -0.3 is 14.6 Å². The van der Waals surface area contributed by atoms with Gasteiger partial charge in [0.15, 0.2) is 4.88 Å². The maximum atomic E-state index is 11.3. The number of nitrogens with zero attached hydrogens (tertiary/aromatic N) is 1. The fraction of sp³-hybridized carbons (Fsp3) is 0.667. The van der Waals surface area contributed by atoms with Crippen LogP contribution in [-0.4, -0.2) is 55.4 Å². The number of carbonyl (C=O) groups is 1. The van der Waals surface area contributed by atoms with Crippen LogP contribution in [0.15, 0.2) is 6.07 Å². The number of hydrogen-bond donors (Lipinski definition) is 1. The van der Waals surface area contributed by atoms with Crippen molar-refractivity contribution in [1.29, 1.82) is 0 Å². The lowest BCUT2D eigenvalue weighted by Gasteiger charge is -2.26. The van der Waals surface area contributed by atoms with Gasteiger partial charge in [-0.1, -0.05) is 20.8 Å². The Hall–Kier alpha value is -1.11. The number of hydrogen-bond acceptors (Lipinski definition) is 5. The second-order valence-corrected chi connectivity index (χ2v) is 7.21. The molecule has 0 bridgehead atoms. The molecular weight excluding hydrogens is 290 g/mol. The lowest BCUT2D eigenvalue weighted by molar-refractivity contribution is 0.0322. The van der Waals surface area contributed by atoms with Crippen molar-refractivity contribution in [2.45, 2.75) is 26.2 Å². The molecule has 0 amide bonds. The first kappa shape index (κ1) is 16.3. The molecule has 0 saturated carbocycles. The summed E-state index contributed by atoms with van der Waals surface area (Å²) in [5, 5.41) is 9.30. The van der Waals surface area contributed by atoms with Gasteiger partial charge in [-0.25, -0.2) is 4.79 Å². The molecule has 0 atom stereocenters. The number of rotatable bonds is 5. The average Bonchev–Trinajstić information content (AvgIpc) is 2.84. The van der Waals surface area contributed by atoms with Crippen molar-refractivity contribution in [3.8, 4) is 5.75 Å². The molecule has 2 heterocycles. The van der Waals surface area contributed by atoms with Gasteiger partial charge in [-0.3, -0.25) is 4.90 Å². The molecule has 0 radical (unpaired) electrons. The molecule has 1 fully saturated rings. The van der Waals surface area contributed by atoms with Gasteiger partial charge in [0.1, 0.15) is 12.4 Å². The van der Waals surface area contributed by atoms with Gasteiger partial charge >= 0.3 is 5.97 Å². The molecule has 21 heavy (non-hydrogen) atoms. The monoisotopic (exact) mass is 313 g/mol. The average molecular weight is 313 g/mol. The van der Waals surface area contributed by atoms with Gasteiger partial charge in [-0.05, 0) is 11.5 Å². The van der Waals surface area contributed by atoms with Crippen LogP contribution < -0.4 is 4.74 Å². The number of thiophene rings is 1. The third kappa shape index (κ3) is 4.43. The van der Waals surface area contributed by atoms with Crippen LogP contribution in [0, 0.1) is 0 Å². The first-order valence-corrected chi connectivity index (χ1v) is 8.00. The molecule has 0 aliphatic carbocycles. The van der Waals surface area contributed by atoms with Gasteiger partial charge in [0.05, 0.1) is 13.2 Å². The van der Waals surface area contributed by atoms with Crippen molar-refractivity contribution in [1.82, 2.24) is 4.90 Å². The number of aromatic carboxylic acids is 1. The zero-order chi connectivity index (χ0) is 15.5. The van der Waals surface area contributed by atoms with Crippen LogP contribution in [0.1, 0.15) is 35.3 Å². The molecule has 0 spiro atoms. The molecule has 118 valence electrons. The summed E-state index contributed by atoms with van der Waals surface area (Å²) in [4.78, 5) is 14.9. The topological polar surface area (TPSA) is 59.0 Å². The second-order valence-electron chi connectivity index (χ2n) is 6.16. The molecule has 6 heteroatoms. The molecule has 1 aliphatic heterocycles. The van der Waals surface area contributed by atoms with Gasteiger partial charge in [0.25, 0.3) is 0 Å². The first-order chi connectivity index (χ1) is 9.88. The number of morpholine rings is 1. The highest BCUT2D eigenvalue weighted by Gasteiger charge is 2.23. The highest BCUT2D eigenvalue weighted by Crippen LogP contribution is 2.36. The third-order valence-corrected chi connectivity index (χ3v) is 4.93.